The lowest BCUT2D eigenvalue weighted by molar-refractivity contribution is 0.291. The third-order valence-electron chi connectivity index (χ3n) is 4.07. The number of ether oxygens (including phenoxy) is 1. The first-order valence-corrected chi connectivity index (χ1v) is 7.57. The molecule has 0 saturated heterocycles. The van der Waals surface area contributed by atoms with Crippen molar-refractivity contribution in [2.45, 2.75) is 32.5 Å². The van der Waals surface area contributed by atoms with Crippen LogP contribution in [0.4, 0.5) is 10.2 Å². The zero-order chi connectivity index (χ0) is 16.8. The summed E-state index contributed by atoms with van der Waals surface area (Å²) >= 11 is 5.81. The Hall–Kier alpha value is -2.08. The van der Waals surface area contributed by atoms with Crippen molar-refractivity contribution in [3.63, 3.8) is 0 Å². The Bertz CT molecular complexity index is 799. The Balaban J connectivity index is 1.84. The number of nitrogens with zero attached hydrogens (tertiary/aromatic N) is 3. The topological polar surface area (TPSA) is 47.4 Å². The van der Waals surface area contributed by atoms with Crippen LogP contribution >= 0.6 is 11.6 Å². The summed E-state index contributed by atoms with van der Waals surface area (Å²) in [5.74, 6) is 0.535. The van der Waals surface area contributed by atoms with E-state index < -0.39 is 5.82 Å². The maximum atomic E-state index is 13.3. The van der Waals surface area contributed by atoms with Crippen molar-refractivity contribution in [3.05, 3.63) is 51.2 Å². The zero-order valence-electron chi connectivity index (χ0n) is 13.1. The van der Waals surface area contributed by atoms with Crippen LogP contribution in [-0.4, -0.2) is 22.1 Å². The molecule has 0 fully saturated rings. The molecular weight excluding hydrogens is 321 g/mol. The quantitative estimate of drug-likeness (QED) is 0.864. The molecule has 0 N–H and O–H groups in total. The van der Waals surface area contributed by atoms with Gasteiger partial charge in [0.05, 0.1) is 12.1 Å². The number of likely N-dealkylation sites (N-methyl/N-ethyl adjacent to an activating group) is 1. The summed E-state index contributed by atoms with van der Waals surface area (Å²) in [5.41, 5.74) is 0.0565. The van der Waals surface area contributed by atoms with Crippen molar-refractivity contribution < 1.29 is 9.13 Å². The summed E-state index contributed by atoms with van der Waals surface area (Å²) in [7, 11) is 1.92. The fraction of sp³-hybridized carbons (Fsp3) is 0.375. The minimum Gasteiger partial charge on any atom is -0.473 e. The SMILES string of the molecule is CN1c2cc(OCc3cc(F)cc(Cl)c3)nc(=O)n2CC1(C)C. The number of hydrogen-bond acceptors (Lipinski definition) is 4. The molecule has 1 aromatic heterocycles. The fourth-order valence-corrected chi connectivity index (χ4v) is 2.87. The Kier molecular flexibility index (Phi) is 3.80. The van der Waals surface area contributed by atoms with Gasteiger partial charge in [0.2, 0.25) is 5.88 Å². The van der Waals surface area contributed by atoms with Crippen molar-refractivity contribution in [2.75, 3.05) is 11.9 Å². The average Bonchev–Trinajstić information content (AvgIpc) is 2.68. The van der Waals surface area contributed by atoms with Gasteiger partial charge >= 0.3 is 5.69 Å². The predicted molar refractivity (Wildman–Crippen MR) is 86.7 cm³/mol. The van der Waals surface area contributed by atoms with E-state index in [4.69, 9.17) is 16.3 Å². The Morgan fingerprint density at radius 2 is 2.09 bits per heavy atom. The van der Waals surface area contributed by atoms with Gasteiger partial charge in [-0.2, -0.15) is 4.98 Å². The van der Waals surface area contributed by atoms with Gasteiger partial charge in [0.1, 0.15) is 18.2 Å². The van der Waals surface area contributed by atoms with Crippen molar-refractivity contribution >= 4 is 17.4 Å². The third-order valence-corrected chi connectivity index (χ3v) is 4.29. The lowest BCUT2D eigenvalue weighted by atomic mass is 10.1. The molecule has 7 heteroatoms. The summed E-state index contributed by atoms with van der Waals surface area (Å²) in [6, 6.07) is 5.89. The zero-order valence-corrected chi connectivity index (χ0v) is 13.9. The molecule has 0 spiro atoms. The fourth-order valence-electron chi connectivity index (χ4n) is 2.63. The van der Waals surface area contributed by atoms with Crippen LogP contribution in [0, 0.1) is 5.82 Å². The Morgan fingerprint density at radius 3 is 2.78 bits per heavy atom. The standard InChI is InChI=1S/C16H17ClFN3O2/c1-16(2)9-21-14(20(16)3)7-13(19-15(21)22)23-8-10-4-11(17)6-12(18)5-10/h4-7H,8-9H2,1-3H3. The smallest absolute Gasteiger partial charge is 0.352 e. The van der Waals surface area contributed by atoms with Crippen LogP contribution in [0.3, 0.4) is 0 Å². The normalized spacial score (nSPS) is 15.6. The van der Waals surface area contributed by atoms with Crippen LogP contribution in [0.5, 0.6) is 5.88 Å². The first-order chi connectivity index (χ1) is 10.8. The van der Waals surface area contributed by atoms with Gasteiger partial charge < -0.3 is 9.64 Å². The van der Waals surface area contributed by atoms with Crippen LogP contribution in [-0.2, 0) is 13.2 Å². The molecule has 1 aromatic carbocycles. The van der Waals surface area contributed by atoms with Crippen molar-refractivity contribution in [2.24, 2.45) is 0 Å². The molecule has 0 atom stereocenters. The van der Waals surface area contributed by atoms with Gasteiger partial charge in [-0.3, -0.25) is 4.57 Å². The second-order valence-corrected chi connectivity index (χ2v) is 6.70. The van der Waals surface area contributed by atoms with Crippen molar-refractivity contribution in [3.8, 4) is 5.88 Å². The number of anilines is 1. The second kappa shape index (κ2) is 5.53. The molecule has 0 amide bonds. The maximum Gasteiger partial charge on any atom is 0.352 e. The molecule has 0 unspecified atom stereocenters. The largest absolute Gasteiger partial charge is 0.473 e. The van der Waals surface area contributed by atoms with E-state index in [1.165, 1.54) is 12.1 Å². The minimum absolute atomic E-state index is 0.0838. The highest BCUT2D eigenvalue weighted by atomic mass is 35.5. The third kappa shape index (κ3) is 3.03. The molecule has 2 aromatic rings. The van der Waals surface area contributed by atoms with Crippen LogP contribution in [0.2, 0.25) is 5.02 Å². The molecule has 0 saturated carbocycles. The molecule has 0 radical (unpaired) electrons. The first kappa shape index (κ1) is 15.8. The average molecular weight is 338 g/mol. The van der Waals surface area contributed by atoms with E-state index in [2.05, 4.69) is 18.8 Å². The highest BCUT2D eigenvalue weighted by Gasteiger charge is 2.34. The van der Waals surface area contributed by atoms with Gasteiger partial charge in [0, 0.05) is 18.1 Å². The molecule has 5 nitrogen and oxygen atoms in total. The molecule has 1 aliphatic heterocycles. The van der Waals surface area contributed by atoms with Crippen LogP contribution in [0.25, 0.3) is 0 Å². The predicted octanol–water partition coefficient (Wildman–Crippen LogP) is 2.84. The lowest BCUT2D eigenvalue weighted by Gasteiger charge is -2.28. The minimum atomic E-state index is -0.431. The van der Waals surface area contributed by atoms with Crippen LogP contribution < -0.4 is 15.3 Å². The molecule has 23 heavy (non-hydrogen) atoms. The van der Waals surface area contributed by atoms with E-state index in [1.54, 1.807) is 16.7 Å². The number of rotatable bonds is 3. The Morgan fingerprint density at radius 1 is 1.35 bits per heavy atom. The number of hydrogen-bond donors (Lipinski definition) is 0. The molecule has 122 valence electrons. The van der Waals surface area contributed by atoms with Crippen LogP contribution in [0.1, 0.15) is 19.4 Å². The number of fused-ring (bicyclic) bond motifs is 1. The van der Waals surface area contributed by atoms with E-state index in [1.807, 2.05) is 11.9 Å². The first-order valence-electron chi connectivity index (χ1n) is 7.20. The highest BCUT2D eigenvalue weighted by molar-refractivity contribution is 6.30. The van der Waals surface area contributed by atoms with Crippen molar-refractivity contribution in [1.82, 2.24) is 9.55 Å². The molecule has 3 rings (SSSR count). The number of benzene rings is 1. The van der Waals surface area contributed by atoms with E-state index in [0.29, 0.717) is 17.1 Å². The monoisotopic (exact) mass is 337 g/mol. The summed E-state index contributed by atoms with van der Waals surface area (Å²) < 4.78 is 20.5. The van der Waals surface area contributed by atoms with Gasteiger partial charge in [-0.25, -0.2) is 9.18 Å². The van der Waals surface area contributed by atoms with Crippen LogP contribution in [0.15, 0.2) is 29.1 Å². The molecular formula is C16H17ClFN3O2. The second-order valence-electron chi connectivity index (χ2n) is 6.26. The number of aromatic nitrogens is 2. The lowest BCUT2D eigenvalue weighted by Crippen LogP contribution is -2.38. The van der Waals surface area contributed by atoms with E-state index in [-0.39, 0.29) is 23.7 Å². The van der Waals surface area contributed by atoms with Crippen molar-refractivity contribution in [1.29, 1.82) is 0 Å². The summed E-state index contributed by atoms with van der Waals surface area (Å²) in [4.78, 5) is 18.1. The van der Waals surface area contributed by atoms with E-state index in [9.17, 15) is 9.18 Å². The van der Waals surface area contributed by atoms with Gasteiger partial charge in [-0.15, -0.1) is 0 Å². The number of halogens is 2. The molecule has 2 heterocycles. The molecule has 0 aliphatic carbocycles. The van der Waals surface area contributed by atoms with Gasteiger partial charge in [-0.05, 0) is 37.6 Å². The van der Waals surface area contributed by atoms with E-state index >= 15 is 0 Å². The highest BCUT2D eigenvalue weighted by Crippen LogP contribution is 2.31. The molecule has 1 aliphatic rings. The van der Waals surface area contributed by atoms with E-state index in [0.717, 1.165) is 5.82 Å². The summed E-state index contributed by atoms with van der Waals surface area (Å²) in [5, 5.41) is 0.298. The van der Waals surface area contributed by atoms with Gasteiger partial charge in [0.15, 0.2) is 0 Å². The van der Waals surface area contributed by atoms with Gasteiger partial charge in [-0.1, -0.05) is 11.6 Å². The summed E-state index contributed by atoms with van der Waals surface area (Å²) in [6.45, 7) is 4.76. The Labute approximate surface area is 138 Å². The molecule has 0 bridgehead atoms. The van der Waals surface area contributed by atoms with Gasteiger partial charge in [0.25, 0.3) is 0 Å². The maximum absolute atomic E-state index is 13.3. The summed E-state index contributed by atoms with van der Waals surface area (Å²) in [6.07, 6.45) is 0.